The van der Waals surface area contributed by atoms with E-state index in [-0.39, 0.29) is 0 Å². The van der Waals surface area contributed by atoms with E-state index in [1.807, 2.05) is 26.0 Å². The average Bonchev–Trinajstić information content (AvgIpc) is 2.16. The number of fused-ring (bicyclic) bond motifs is 1. The average molecular weight is 271 g/mol. The number of nitrogens with zero attached hydrogens (tertiary/aromatic N) is 1. The molecule has 0 aliphatic heterocycles. The van der Waals surface area contributed by atoms with Gasteiger partial charge < -0.3 is 0 Å². The van der Waals surface area contributed by atoms with Gasteiger partial charge in [0.25, 0.3) is 0 Å². The summed E-state index contributed by atoms with van der Waals surface area (Å²) in [5, 5.41) is 1.75. The molecular weight excluding hydrogens is 261 g/mol. The Labute approximate surface area is 96.2 Å². The maximum absolute atomic E-state index is 6.22. The van der Waals surface area contributed by atoms with Crippen LogP contribution in [0.3, 0.4) is 0 Å². The largest absolute Gasteiger partial charge is 0.252 e. The first-order valence-electron chi connectivity index (χ1n) is 4.31. The van der Waals surface area contributed by atoms with E-state index in [1.165, 1.54) is 5.56 Å². The van der Waals surface area contributed by atoms with Crippen molar-refractivity contribution in [1.82, 2.24) is 4.98 Å². The number of aromatic nitrogens is 1. The fraction of sp³-hybridized carbons (Fsp3) is 0.182. The molecule has 1 aromatic heterocycles. The Morgan fingerprint density at radius 1 is 1.29 bits per heavy atom. The Balaban J connectivity index is 2.92. The van der Waals surface area contributed by atoms with Crippen molar-refractivity contribution in [2.45, 2.75) is 13.8 Å². The van der Waals surface area contributed by atoms with E-state index in [0.29, 0.717) is 0 Å². The minimum atomic E-state index is 0.746. The van der Waals surface area contributed by atoms with Gasteiger partial charge in [0.05, 0.1) is 20.7 Å². The van der Waals surface area contributed by atoms with Gasteiger partial charge in [0.2, 0.25) is 0 Å². The van der Waals surface area contributed by atoms with E-state index < -0.39 is 0 Å². The van der Waals surface area contributed by atoms with Gasteiger partial charge in [-0.25, -0.2) is 0 Å². The summed E-state index contributed by atoms with van der Waals surface area (Å²) < 4.78 is 0.886. The minimum absolute atomic E-state index is 0.746. The highest BCUT2D eigenvalue weighted by Crippen LogP contribution is 2.32. The summed E-state index contributed by atoms with van der Waals surface area (Å²) in [6, 6.07) is 6.09. The Morgan fingerprint density at radius 2 is 2.00 bits per heavy atom. The molecule has 0 fully saturated rings. The highest BCUT2D eigenvalue weighted by Gasteiger charge is 2.07. The lowest BCUT2D eigenvalue weighted by Crippen LogP contribution is -1.88. The van der Waals surface area contributed by atoms with Gasteiger partial charge in [0, 0.05) is 5.39 Å². The van der Waals surface area contributed by atoms with Crippen LogP contribution in [0.25, 0.3) is 10.9 Å². The predicted molar refractivity (Wildman–Crippen MR) is 63.9 cm³/mol. The van der Waals surface area contributed by atoms with Crippen LogP contribution in [0.4, 0.5) is 0 Å². The zero-order valence-electron chi connectivity index (χ0n) is 7.94. The van der Waals surface area contributed by atoms with Crippen LogP contribution in [0.1, 0.15) is 11.3 Å². The standard InChI is InChI=1S/C11H9BrClN/c1-6-3-4-9-8(5-6)11(13)10(12)7(2)14-9/h3-5H,1-2H3. The second kappa shape index (κ2) is 3.52. The van der Waals surface area contributed by atoms with E-state index in [4.69, 9.17) is 11.6 Å². The Morgan fingerprint density at radius 3 is 2.71 bits per heavy atom. The summed E-state index contributed by atoms with van der Waals surface area (Å²) in [7, 11) is 0. The quantitative estimate of drug-likeness (QED) is 0.697. The summed E-state index contributed by atoms with van der Waals surface area (Å²) in [6.45, 7) is 3.98. The molecule has 0 aliphatic rings. The molecule has 0 spiro atoms. The van der Waals surface area contributed by atoms with Crippen molar-refractivity contribution >= 4 is 38.4 Å². The van der Waals surface area contributed by atoms with Crippen molar-refractivity contribution in [2.24, 2.45) is 0 Å². The van der Waals surface area contributed by atoms with Crippen LogP contribution in [0.15, 0.2) is 22.7 Å². The van der Waals surface area contributed by atoms with Crippen LogP contribution < -0.4 is 0 Å². The lowest BCUT2D eigenvalue weighted by atomic mass is 10.1. The highest BCUT2D eigenvalue weighted by atomic mass is 79.9. The number of hydrogen-bond donors (Lipinski definition) is 0. The van der Waals surface area contributed by atoms with Gasteiger partial charge in [-0.3, -0.25) is 4.98 Å². The van der Waals surface area contributed by atoms with Gasteiger partial charge in [-0.2, -0.15) is 0 Å². The van der Waals surface area contributed by atoms with Crippen molar-refractivity contribution in [3.63, 3.8) is 0 Å². The zero-order valence-corrected chi connectivity index (χ0v) is 10.3. The van der Waals surface area contributed by atoms with Crippen molar-refractivity contribution < 1.29 is 0 Å². The molecule has 0 amide bonds. The van der Waals surface area contributed by atoms with Gasteiger partial charge in [0.15, 0.2) is 0 Å². The lowest BCUT2D eigenvalue weighted by Gasteiger charge is -2.06. The van der Waals surface area contributed by atoms with Crippen LogP contribution in [0, 0.1) is 13.8 Å². The maximum Gasteiger partial charge on any atom is 0.0721 e. The van der Waals surface area contributed by atoms with Crippen LogP contribution >= 0.6 is 27.5 Å². The molecule has 2 aromatic rings. The number of hydrogen-bond acceptors (Lipinski definition) is 1. The van der Waals surface area contributed by atoms with Gasteiger partial charge in [0.1, 0.15) is 0 Å². The second-order valence-corrected chi connectivity index (χ2v) is 4.52. The molecule has 0 radical (unpaired) electrons. The van der Waals surface area contributed by atoms with Gasteiger partial charge in [-0.15, -0.1) is 0 Å². The van der Waals surface area contributed by atoms with E-state index in [2.05, 4.69) is 27.0 Å². The fourth-order valence-electron chi connectivity index (χ4n) is 1.43. The predicted octanol–water partition coefficient (Wildman–Crippen LogP) is 4.27. The Hall–Kier alpha value is -0.600. The number of pyridine rings is 1. The summed E-state index contributed by atoms with van der Waals surface area (Å²) in [6.07, 6.45) is 0. The first-order chi connectivity index (χ1) is 6.59. The van der Waals surface area contributed by atoms with Crippen molar-refractivity contribution in [3.8, 4) is 0 Å². The molecule has 1 nitrogen and oxygen atoms in total. The molecule has 0 saturated heterocycles. The topological polar surface area (TPSA) is 12.9 Å². The Kier molecular flexibility index (Phi) is 2.50. The van der Waals surface area contributed by atoms with Crippen molar-refractivity contribution in [1.29, 1.82) is 0 Å². The number of rotatable bonds is 0. The third kappa shape index (κ3) is 1.53. The summed E-state index contributed by atoms with van der Waals surface area (Å²) in [4.78, 5) is 4.45. The van der Waals surface area contributed by atoms with Gasteiger partial charge in [-0.05, 0) is 41.9 Å². The van der Waals surface area contributed by atoms with E-state index in [1.54, 1.807) is 0 Å². The normalized spacial score (nSPS) is 10.9. The smallest absolute Gasteiger partial charge is 0.0721 e. The maximum atomic E-state index is 6.22. The van der Waals surface area contributed by atoms with Crippen LogP contribution in [0.2, 0.25) is 5.02 Å². The SMILES string of the molecule is Cc1ccc2nc(C)c(Br)c(Cl)c2c1. The molecule has 2 rings (SSSR count). The zero-order chi connectivity index (χ0) is 10.3. The molecule has 0 unspecified atom stereocenters. The van der Waals surface area contributed by atoms with Crippen LogP contribution in [0.5, 0.6) is 0 Å². The molecule has 0 saturated carbocycles. The summed E-state index contributed by atoms with van der Waals surface area (Å²) in [5.41, 5.74) is 3.06. The van der Waals surface area contributed by atoms with Gasteiger partial charge in [-0.1, -0.05) is 23.2 Å². The monoisotopic (exact) mass is 269 g/mol. The third-order valence-corrected chi connectivity index (χ3v) is 3.78. The van der Waals surface area contributed by atoms with E-state index in [9.17, 15) is 0 Å². The van der Waals surface area contributed by atoms with E-state index >= 15 is 0 Å². The highest BCUT2D eigenvalue weighted by molar-refractivity contribution is 9.10. The molecule has 0 aliphatic carbocycles. The lowest BCUT2D eigenvalue weighted by molar-refractivity contribution is 1.23. The molecule has 14 heavy (non-hydrogen) atoms. The first kappa shape index (κ1) is 9.94. The molecule has 1 aromatic carbocycles. The second-order valence-electron chi connectivity index (χ2n) is 3.35. The molecule has 0 bridgehead atoms. The molecule has 1 heterocycles. The number of halogens is 2. The number of aryl methyl sites for hydroxylation is 2. The minimum Gasteiger partial charge on any atom is -0.252 e. The summed E-state index contributed by atoms with van der Waals surface area (Å²) in [5.74, 6) is 0. The van der Waals surface area contributed by atoms with Gasteiger partial charge >= 0.3 is 0 Å². The first-order valence-corrected chi connectivity index (χ1v) is 5.48. The molecular formula is C11H9BrClN. The fourth-order valence-corrected chi connectivity index (χ4v) is 2.02. The van der Waals surface area contributed by atoms with Crippen LogP contribution in [-0.2, 0) is 0 Å². The molecule has 3 heteroatoms. The third-order valence-electron chi connectivity index (χ3n) is 2.19. The molecule has 0 N–H and O–H groups in total. The van der Waals surface area contributed by atoms with Crippen LogP contribution in [-0.4, -0.2) is 4.98 Å². The van der Waals surface area contributed by atoms with E-state index in [0.717, 1.165) is 26.1 Å². The number of benzene rings is 1. The summed E-state index contributed by atoms with van der Waals surface area (Å²) >= 11 is 9.65. The van der Waals surface area contributed by atoms with Crippen molar-refractivity contribution in [2.75, 3.05) is 0 Å². The molecule has 0 atom stereocenters. The van der Waals surface area contributed by atoms with Crippen molar-refractivity contribution in [3.05, 3.63) is 39.0 Å². The Bertz CT molecular complexity index is 508. The molecule has 72 valence electrons.